The van der Waals surface area contributed by atoms with Crippen LogP contribution >= 0.6 is 0 Å². The van der Waals surface area contributed by atoms with E-state index >= 15 is 0 Å². The first kappa shape index (κ1) is 18.0. The van der Waals surface area contributed by atoms with Crippen molar-refractivity contribution in [2.24, 2.45) is 0 Å². The topological polar surface area (TPSA) is 66.8 Å². The van der Waals surface area contributed by atoms with Crippen LogP contribution in [-0.4, -0.2) is 35.5 Å². The van der Waals surface area contributed by atoms with E-state index in [2.05, 4.69) is 0 Å². The SMILES string of the molecule is COc1ccc(CCCC(=O)N2CCc3ccccc3C2C(=O)O)cc1. The summed E-state index contributed by atoms with van der Waals surface area (Å²) in [5.41, 5.74) is 2.88. The van der Waals surface area contributed by atoms with Gasteiger partial charge in [-0.15, -0.1) is 0 Å². The highest BCUT2D eigenvalue weighted by atomic mass is 16.5. The lowest BCUT2D eigenvalue weighted by molar-refractivity contribution is -0.151. The molecule has 0 bridgehead atoms. The van der Waals surface area contributed by atoms with Gasteiger partial charge >= 0.3 is 5.97 Å². The standard InChI is InChI=1S/C21H23NO4/c1-26-17-11-9-15(10-12-17)5-4-8-19(23)22-14-13-16-6-2-3-7-18(16)20(22)21(24)25/h2-3,6-7,9-12,20H,4-5,8,13-14H2,1H3,(H,24,25). The Hall–Kier alpha value is -2.82. The first-order valence-electron chi connectivity index (χ1n) is 8.83. The quantitative estimate of drug-likeness (QED) is 0.866. The van der Waals surface area contributed by atoms with Gasteiger partial charge in [0, 0.05) is 13.0 Å². The number of methoxy groups -OCH3 is 1. The molecule has 0 spiro atoms. The zero-order valence-electron chi connectivity index (χ0n) is 14.9. The second-order valence-corrected chi connectivity index (χ2v) is 6.48. The van der Waals surface area contributed by atoms with Gasteiger partial charge in [-0.2, -0.15) is 0 Å². The third-order valence-electron chi connectivity index (χ3n) is 4.85. The fourth-order valence-corrected chi connectivity index (χ4v) is 3.48. The Labute approximate surface area is 153 Å². The number of hydrogen-bond acceptors (Lipinski definition) is 3. The average Bonchev–Trinajstić information content (AvgIpc) is 2.67. The van der Waals surface area contributed by atoms with Crippen molar-refractivity contribution >= 4 is 11.9 Å². The van der Waals surface area contributed by atoms with E-state index in [1.807, 2.05) is 48.5 Å². The van der Waals surface area contributed by atoms with Gasteiger partial charge in [-0.25, -0.2) is 4.79 Å². The number of carboxylic acid groups (broad SMARTS) is 1. The highest BCUT2D eigenvalue weighted by Crippen LogP contribution is 2.30. The molecule has 136 valence electrons. The Morgan fingerprint density at radius 1 is 1.15 bits per heavy atom. The number of hydrogen-bond donors (Lipinski definition) is 1. The molecule has 1 amide bonds. The van der Waals surface area contributed by atoms with Crippen LogP contribution < -0.4 is 4.74 Å². The van der Waals surface area contributed by atoms with Crippen molar-refractivity contribution in [2.75, 3.05) is 13.7 Å². The van der Waals surface area contributed by atoms with Crippen LogP contribution in [0.5, 0.6) is 5.75 Å². The van der Waals surface area contributed by atoms with Crippen LogP contribution in [0.25, 0.3) is 0 Å². The van der Waals surface area contributed by atoms with Crippen molar-refractivity contribution < 1.29 is 19.4 Å². The number of fused-ring (bicyclic) bond motifs is 1. The molecule has 0 saturated heterocycles. The second-order valence-electron chi connectivity index (χ2n) is 6.48. The molecule has 0 aliphatic carbocycles. The number of carbonyl (C=O) groups is 2. The summed E-state index contributed by atoms with van der Waals surface area (Å²) < 4.78 is 5.14. The minimum Gasteiger partial charge on any atom is -0.497 e. The van der Waals surface area contributed by atoms with E-state index in [4.69, 9.17) is 4.74 Å². The van der Waals surface area contributed by atoms with Crippen LogP contribution in [0.2, 0.25) is 0 Å². The molecule has 3 rings (SSSR count). The molecular weight excluding hydrogens is 330 g/mol. The molecular formula is C21H23NO4. The molecule has 2 aromatic rings. The first-order chi connectivity index (χ1) is 12.6. The Morgan fingerprint density at radius 2 is 1.88 bits per heavy atom. The van der Waals surface area contributed by atoms with Crippen LogP contribution in [0.3, 0.4) is 0 Å². The van der Waals surface area contributed by atoms with Crippen molar-refractivity contribution in [1.82, 2.24) is 4.90 Å². The smallest absolute Gasteiger partial charge is 0.331 e. The van der Waals surface area contributed by atoms with Crippen LogP contribution in [-0.2, 0) is 22.4 Å². The third kappa shape index (κ3) is 3.87. The molecule has 0 radical (unpaired) electrons. The van der Waals surface area contributed by atoms with Gasteiger partial charge in [0.05, 0.1) is 7.11 Å². The number of rotatable bonds is 6. The van der Waals surface area contributed by atoms with Crippen molar-refractivity contribution in [3.05, 3.63) is 65.2 Å². The number of ether oxygens (including phenoxy) is 1. The lowest BCUT2D eigenvalue weighted by atomic mass is 9.92. The Kier molecular flexibility index (Phi) is 5.56. The predicted molar refractivity (Wildman–Crippen MR) is 98.2 cm³/mol. The fourth-order valence-electron chi connectivity index (χ4n) is 3.48. The van der Waals surface area contributed by atoms with Gasteiger partial charge in [-0.1, -0.05) is 36.4 Å². The number of aryl methyl sites for hydroxylation is 1. The van der Waals surface area contributed by atoms with Gasteiger partial charge in [0.1, 0.15) is 5.75 Å². The van der Waals surface area contributed by atoms with Gasteiger partial charge in [0.25, 0.3) is 0 Å². The molecule has 1 heterocycles. The number of benzene rings is 2. The molecule has 2 aromatic carbocycles. The van der Waals surface area contributed by atoms with Crippen LogP contribution in [0.15, 0.2) is 48.5 Å². The van der Waals surface area contributed by atoms with E-state index in [-0.39, 0.29) is 5.91 Å². The lowest BCUT2D eigenvalue weighted by Crippen LogP contribution is -2.43. The maximum Gasteiger partial charge on any atom is 0.331 e. The molecule has 5 heteroatoms. The maximum atomic E-state index is 12.7. The van der Waals surface area contributed by atoms with Gasteiger partial charge < -0.3 is 14.7 Å². The summed E-state index contributed by atoms with van der Waals surface area (Å²) in [6.07, 6.45) is 2.51. The summed E-state index contributed by atoms with van der Waals surface area (Å²) in [5, 5.41) is 9.65. The summed E-state index contributed by atoms with van der Waals surface area (Å²) in [7, 11) is 1.63. The van der Waals surface area contributed by atoms with E-state index in [9.17, 15) is 14.7 Å². The minimum absolute atomic E-state index is 0.0968. The minimum atomic E-state index is -0.972. The van der Waals surface area contributed by atoms with Gasteiger partial charge in [-0.3, -0.25) is 4.79 Å². The number of carbonyl (C=O) groups excluding carboxylic acids is 1. The van der Waals surface area contributed by atoms with Crippen LogP contribution in [0, 0.1) is 0 Å². The molecule has 0 fully saturated rings. The van der Waals surface area contributed by atoms with E-state index in [0.717, 1.165) is 28.9 Å². The van der Waals surface area contributed by atoms with Crippen molar-refractivity contribution in [1.29, 1.82) is 0 Å². The summed E-state index contributed by atoms with van der Waals surface area (Å²) in [6.45, 7) is 0.454. The Morgan fingerprint density at radius 3 is 2.58 bits per heavy atom. The molecule has 26 heavy (non-hydrogen) atoms. The monoisotopic (exact) mass is 353 g/mol. The van der Waals surface area contributed by atoms with Gasteiger partial charge in [-0.05, 0) is 48.1 Å². The number of carboxylic acids is 1. The average molecular weight is 353 g/mol. The van der Waals surface area contributed by atoms with E-state index in [0.29, 0.717) is 25.8 Å². The van der Waals surface area contributed by atoms with Crippen molar-refractivity contribution in [2.45, 2.75) is 31.7 Å². The highest BCUT2D eigenvalue weighted by Gasteiger charge is 2.35. The molecule has 1 N–H and O–H groups in total. The molecule has 1 unspecified atom stereocenters. The molecule has 1 aliphatic heterocycles. The molecule has 0 aromatic heterocycles. The number of aliphatic carboxylic acids is 1. The Balaban J connectivity index is 1.62. The van der Waals surface area contributed by atoms with Crippen LogP contribution in [0.1, 0.15) is 35.6 Å². The second kappa shape index (κ2) is 8.04. The summed E-state index contributed by atoms with van der Waals surface area (Å²) in [6, 6.07) is 14.4. The predicted octanol–water partition coefficient (Wildman–Crippen LogP) is 3.23. The summed E-state index contributed by atoms with van der Waals surface area (Å²) >= 11 is 0. The molecule has 5 nitrogen and oxygen atoms in total. The normalized spacial score (nSPS) is 16.0. The van der Waals surface area contributed by atoms with Gasteiger partial charge in [0.2, 0.25) is 5.91 Å². The first-order valence-corrected chi connectivity index (χ1v) is 8.83. The van der Waals surface area contributed by atoms with Gasteiger partial charge in [0.15, 0.2) is 6.04 Å². The van der Waals surface area contributed by atoms with Crippen molar-refractivity contribution in [3.63, 3.8) is 0 Å². The summed E-state index contributed by atoms with van der Waals surface area (Å²) in [4.78, 5) is 26.0. The number of amides is 1. The zero-order chi connectivity index (χ0) is 18.5. The zero-order valence-corrected chi connectivity index (χ0v) is 14.9. The fraction of sp³-hybridized carbons (Fsp3) is 0.333. The highest BCUT2D eigenvalue weighted by molar-refractivity contribution is 5.85. The lowest BCUT2D eigenvalue weighted by Gasteiger charge is -2.34. The molecule has 1 aliphatic rings. The number of nitrogens with zero attached hydrogens (tertiary/aromatic N) is 1. The van der Waals surface area contributed by atoms with E-state index < -0.39 is 12.0 Å². The largest absolute Gasteiger partial charge is 0.497 e. The maximum absolute atomic E-state index is 12.7. The Bertz CT molecular complexity index is 785. The van der Waals surface area contributed by atoms with Crippen LogP contribution in [0.4, 0.5) is 0 Å². The third-order valence-corrected chi connectivity index (χ3v) is 4.85. The molecule has 0 saturated carbocycles. The summed E-state index contributed by atoms with van der Waals surface area (Å²) in [5.74, 6) is -0.262. The van der Waals surface area contributed by atoms with E-state index in [1.165, 1.54) is 4.90 Å². The van der Waals surface area contributed by atoms with Crippen molar-refractivity contribution in [3.8, 4) is 5.75 Å². The van der Waals surface area contributed by atoms with E-state index in [1.54, 1.807) is 7.11 Å². The molecule has 1 atom stereocenters.